The highest BCUT2D eigenvalue weighted by molar-refractivity contribution is 6.23. The highest BCUT2D eigenvalue weighted by Gasteiger charge is 2.15. The summed E-state index contributed by atoms with van der Waals surface area (Å²) in [5.41, 5.74) is 4.29. The first kappa shape index (κ1) is 17.3. The number of benzene rings is 3. The number of rotatable bonds is 0. The van der Waals surface area contributed by atoms with Crippen molar-refractivity contribution < 1.29 is 4.42 Å². The second-order valence-electron chi connectivity index (χ2n) is 6.78. The van der Waals surface area contributed by atoms with Crippen molar-refractivity contribution in [1.29, 1.82) is 0 Å². The zero-order chi connectivity index (χ0) is 19.1. The third kappa shape index (κ3) is 2.54. The molecular formula is C24H25N2O+. The lowest BCUT2D eigenvalue weighted by Gasteiger charge is -2.16. The molecule has 0 N–H and O–H groups in total. The molecule has 2 heterocycles. The first-order valence-electron chi connectivity index (χ1n) is 9.48. The fourth-order valence-corrected chi connectivity index (χ4v) is 3.86. The molecule has 0 spiro atoms. The largest absolute Gasteiger partial charge is 0.456 e. The van der Waals surface area contributed by atoms with Crippen LogP contribution in [0, 0.1) is 0 Å². The van der Waals surface area contributed by atoms with E-state index in [0.717, 1.165) is 16.6 Å². The fourth-order valence-electron chi connectivity index (χ4n) is 3.86. The quantitative estimate of drug-likeness (QED) is 0.210. The van der Waals surface area contributed by atoms with Gasteiger partial charge >= 0.3 is 0 Å². The van der Waals surface area contributed by atoms with Crippen LogP contribution >= 0.6 is 0 Å². The third-order valence-electron chi connectivity index (χ3n) is 5.11. The highest BCUT2D eigenvalue weighted by Crippen LogP contribution is 2.37. The van der Waals surface area contributed by atoms with Crippen molar-refractivity contribution >= 4 is 43.7 Å². The number of nitrogens with zero attached hydrogens (tertiary/aromatic N) is 2. The van der Waals surface area contributed by atoms with Crippen LogP contribution in [-0.2, 0) is 7.05 Å². The Morgan fingerprint density at radius 2 is 1.48 bits per heavy atom. The van der Waals surface area contributed by atoms with E-state index in [1.165, 1.54) is 32.5 Å². The highest BCUT2D eigenvalue weighted by atomic mass is 16.3. The van der Waals surface area contributed by atoms with Gasteiger partial charge in [0.25, 0.3) is 0 Å². The van der Waals surface area contributed by atoms with Gasteiger partial charge in [0.1, 0.15) is 25.3 Å². The number of fused-ring (bicyclic) bond motifs is 4. The lowest BCUT2D eigenvalue weighted by molar-refractivity contribution is 0.661. The molecule has 0 saturated carbocycles. The molecule has 0 aliphatic heterocycles. The summed E-state index contributed by atoms with van der Waals surface area (Å²) in [6, 6.07) is 21.3. The lowest BCUT2D eigenvalue weighted by Crippen LogP contribution is -2.21. The zero-order valence-corrected chi connectivity index (χ0v) is 16.6. The van der Waals surface area contributed by atoms with Gasteiger partial charge in [-0.2, -0.15) is 0 Å². The van der Waals surface area contributed by atoms with Crippen molar-refractivity contribution in [1.82, 2.24) is 9.14 Å². The summed E-state index contributed by atoms with van der Waals surface area (Å²) < 4.78 is 10.6. The van der Waals surface area contributed by atoms with Crippen molar-refractivity contribution in [3.63, 3.8) is 0 Å². The molecule has 3 heteroatoms. The topological polar surface area (TPSA) is 21.1 Å². The monoisotopic (exact) mass is 357 g/mol. The molecule has 0 aliphatic rings. The molecule has 5 rings (SSSR count). The summed E-state index contributed by atoms with van der Waals surface area (Å²) >= 11 is 0. The minimum Gasteiger partial charge on any atom is -0.456 e. The van der Waals surface area contributed by atoms with E-state index in [-0.39, 0.29) is 0 Å². The summed E-state index contributed by atoms with van der Waals surface area (Å²) in [4.78, 5) is 0. The molecule has 2 aromatic heterocycles. The molecule has 0 saturated heterocycles. The number of hydrogen-bond acceptors (Lipinski definition) is 1. The summed E-state index contributed by atoms with van der Waals surface area (Å²) in [5.74, 6) is 0. The van der Waals surface area contributed by atoms with Crippen LogP contribution in [0.3, 0.4) is 0 Å². The summed E-state index contributed by atoms with van der Waals surface area (Å²) in [6.45, 7) is 4.00. The second-order valence-corrected chi connectivity index (χ2v) is 6.78. The Morgan fingerprint density at radius 1 is 0.778 bits per heavy atom. The number of hydrogen-bond donors (Lipinski definition) is 0. The van der Waals surface area contributed by atoms with E-state index in [1.54, 1.807) is 0 Å². The molecule has 0 unspecified atom stereocenters. The van der Waals surface area contributed by atoms with E-state index < -0.39 is 0 Å². The summed E-state index contributed by atoms with van der Waals surface area (Å²) in [6.07, 6.45) is 0. The lowest BCUT2D eigenvalue weighted by atomic mass is 10.0. The van der Waals surface area contributed by atoms with Crippen LogP contribution in [-0.4, -0.2) is 18.7 Å². The number of pyridine rings is 1. The first-order chi connectivity index (χ1) is 13.1. The molecule has 0 bridgehead atoms. The molecule has 0 fully saturated rings. The van der Waals surface area contributed by atoms with Gasteiger partial charge in [0.15, 0.2) is 0 Å². The van der Waals surface area contributed by atoms with E-state index >= 15 is 0 Å². The van der Waals surface area contributed by atoms with Gasteiger partial charge in [0, 0.05) is 35.3 Å². The van der Waals surface area contributed by atoms with Crippen LogP contribution in [0.5, 0.6) is 0 Å². The maximum atomic E-state index is 6.19. The molecule has 0 atom stereocenters. The van der Waals surface area contributed by atoms with Crippen molar-refractivity contribution in [3.05, 3.63) is 66.0 Å². The van der Waals surface area contributed by atoms with Crippen LogP contribution in [0.2, 0.25) is 0 Å². The Balaban J connectivity index is 0.000000872. The predicted octanol–water partition coefficient (Wildman–Crippen LogP) is 5.29. The van der Waals surface area contributed by atoms with E-state index in [2.05, 4.69) is 78.8 Å². The average Bonchev–Trinajstić information content (AvgIpc) is 2.71. The second kappa shape index (κ2) is 6.58. The van der Waals surface area contributed by atoms with E-state index in [0.29, 0.717) is 0 Å². The van der Waals surface area contributed by atoms with E-state index in [1.807, 2.05) is 26.0 Å². The Morgan fingerprint density at radius 3 is 2.26 bits per heavy atom. The Kier molecular flexibility index (Phi) is 4.23. The smallest absolute Gasteiger partial charge is 0.201 e. The summed E-state index contributed by atoms with van der Waals surface area (Å²) in [7, 11) is 6.30. The molecule has 0 radical (unpaired) electrons. The number of para-hydroxylation sites is 1. The van der Waals surface area contributed by atoms with Gasteiger partial charge in [0.2, 0.25) is 5.36 Å². The first-order valence-corrected chi connectivity index (χ1v) is 9.48. The molecule has 3 nitrogen and oxygen atoms in total. The molecular weight excluding hydrogens is 332 g/mol. The van der Waals surface area contributed by atoms with Gasteiger partial charge in [-0.1, -0.05) is 38.1 Å². The maximum Gasteiger partial charge on any atom is 0.201 e. The van der Waals surface area contributed by atoms with Gasteiger partial charge in [-0.25, -0.2) is 4.58 Å². The minimum atomic E-state index is 0.918. The third-order valence-corrected chi connectivity index (χ3v) is 5.11. The molecule has 0 aliphatic carbocycles. The molecule has 5 aromatic rings. The van der Waals surface area contributed by atoms with Gasteiger partial charge in [-0.3, -0.25) is 0 Å². The molecule has 27 heavy (non-hydrogen) atoms. The molecule has 0 amide bonds. The van der Waals surface area contributed by atoms with E-state index in [9.17, 15) is 0 Å². The van der Waals surface area contributed by atoms with Crippen molar-refractivity contribution in [2.75, 3.05) is 14.1 Å². The van der Waals surface area contributed by atoms with Crippen LogP contribution < -0.4 is 9.93 Å². The van der Waals surface area contributed by atoms with Gasteiger partial charge in [-0.15, -0.1) is 0 Å². The Labute approximate surface area is 158 Å². The van der Waals surface area contributed by atoms with Gasteiger partial charge in [-0.05, 0) is 29.7 Å². The Bertz CT molecular complexity index is 1370. The number of aryl methyl sites for hydroxylation is 1. The van der Waals surface area contributed by atoms with Crippen LogP contribution in [0.4, 0.5) is 0 Å². The van der Waals surface area contributed by atoms with Crippen molar-refractivity contribution in [2.24, 2.45) is 7.05 Å². The van der Waals surface area contributed by atoms with Crippen molar-refractivity contribution in [3.8, 4) is 0 Å². The predicted molar refractivity (Wildman–Crippen MR) is 116 cm³/mol. The zero-order valence-electron chi connectivity index (χ0n) is 16.6. The Hall–Kier alpha value is -3.07. The molecule has 3 aromatic carbocycles. The van der Waals surface area contributed by atoms with Crippen LogP contribution in [0.1, 0.15) is 13.8 Å². The number of aromatic nitrogens is 1. The standard InChI is InChI=1S/C22H19N2O.C2H6/c1-23(2)14-11-12-15-16-8-6-10-20-21(16)22(24(3)18(15)13-14)17-7-4-5-9-19(17)25-20;1-2/h4-13H,1-3H3;1-2H3/q+1;. The van der Waals surface area contributed by atoms with Gasteiger partial charge in [0.05, 0.1) is 11.0 Å². The maximum absolute atomic E-state index is 6.19. The SMILES string of the molecule is CC.Cn1c2cc(=[N+](C)C)ccc2c2cccc3oc4ccccc4c1c32. The average molecular weight is 357 g/mol. The van der Waals surface area contributed by atoms with Crippen LogP contribution in [0.15, 0.2) is 65.1 Å². The van der Waals surface area contributed by atoms with Gasteiger partial charge < -0.3 is 8.98 Å². The van der Waals surface area contributed by atoms with E-state index in [4.69, 9.17) is 4.42 Å². The normalized spacial score (nSPS) is 11.1. The fraction of sp³-hybridized carbons (Fsp3) is 0.208. The minimum absolute atomic E-state index is 0.918. The molecule has 136 valence electrons. The van der Waals surface area contributed by atoms with Crippen molar-refractivity contribution in [2.45, 2.75) is 13.8 Å². The van der Waals surface area contributed by atoms with Crippen LogP contribution in [0.25, 0.3) is 43.7 Å². The summed E-state index contributed by atoms with van der Waals surface area (Å²) in [5, 5.41) is 6.02.